The van der Waals surface area contributed by atoms with Crippen LogP contribution in [0.15, 0.2) is 24.3 Å². The Morgan fingerprint density at radius 3 is 2.30 bits per heavy atom. The second-order valence-corrected chi connectivity index (χ2v) is 7.06. The quantitative estimate of drug-likeness (QED) is 0.693. The molecule has 0 N–H and O–H groups in total. The summed E-state index contributed by atoms with van der Waals surface area (Å²) in [5.41, 5.74) is 1.71. The summed E-state index contributed by atoms with van der Waals surface area (Å²) in [4.78, 5) is 0. The van der Waals surface area contributed by atoms with Gasteiger partial charge in [-0.1, -0.05) is 41.9 Å². The van der Waals surface area contributed by atoms with Crippen LogP contribution in [0.4, 0.5) is 0 Å². The number of hydrogen-bond donors (Lipinski definition) is 0. The topological polar surface area (TPSA) is 18.5 Å². The maximum atomic E-state index is 6.31. The van der Waals surface area contributed by atoms with Crippen molar-refractivity contribution in [3.63, 3.8) is 0 Å². The lowest BCUT2D eigenvalue weighted by Gasteiger charge is -2.35. The van der Waals surface area contributed by atoms with Crippen LogP contribution in [-0.4, -0.2) is 18.5 Å². The average molecular weight is 341 g/mol. The minimum absolute atomic E-state index is 0.132. The van der Waals surface area contributed by atoms with Gasteiger partial charge in [-0.15, -0.1) is 0 Å². The monoisotopic (exact) mass is 340 g/mol. The third-order valence-corrected chi connectivity index (χ3v) is 4.86. The largest absolute Gasteiger partial charge is 0.497 e. The van der Waals surface area contributed by atoms with Gasteiger partial charge in [0.2, 0.25) is 0 Å². The summed E-state index contributed by atoms with van der Waals surface area (Å²) in [7, 11) is 1.69. The molecule has 1 aromatic carbocycles. The highest BCUT2D eigenvalue weighted by Crippen LogP contribution is 2.38. The molecule has 1 aliphatic carbocycles. The second-order valence-electron chi connectivity index (χ2n) is 6.42. The molecule has 1 unspecified atom stereocenters. The molecule has 1 aliphatic rings. The molecule has 0 aromatic heterocycles. The zero-order valence-corrected chi connectivity index (χ0v) is 14.3. The molecule has 0 amide bonds. The van der Waals surface area contributed by atoms with Crippen LogP contribution in [0, 0.1) is 5.41 Å². The van der Waals surface area contributed by atoms with Gasteiger partial charge in [-0.25, -0.2) is 0 Å². The fourth-order valence-corrected chi connectivity index (χ4v) is 3.29. The first-order valence-electron chi connectivity index (χ1n) is 7.39. The van der Waals surface area contributed by atoms with Crippen LogP contribution in [0.1, 0.15) is 51.2 Å². The van der Waals surface area contributed by atoms with E-state index >= 15 is 0 Å². The van der Waals surface area contributed by atoms with Gasteiger partial charge in [0, 0.05) is 5.33 Å². The summed E-state index contributed by atoms with van der Waals surface area (Å²) in [6, 6.07) is 8.19. The lowest BCUT2D eigenvalue weighted by molar-refractivity contribution is -0.0364. The lowest BCUT2D eigenvalue weighted by Crippen LogP contribution is -2.28. The Bertz CT molecular complexity index is 404. The van der Waals surface area contributed by atoms with E-state index in [2.05, 4.69) is 41.9 Å². The molecule has 1 saturated carbocycles. The molecule has 2 rings (SSSR count). The highest BCUT2D eigenvalue weighted by atomic mass is 79.9. The first kappa shape index (κ1) is 15.8. The van der Waals surface area contributed by atoms with Gasteiger partial charge in [0.1, 0.15) is 5.75 Å². The Hall–Kier alpha value is -0.540. The number of alkyl halides is 1. The van der Waals surface area contributed by atoms with Crippen molar-refractivity contribution in [2.75, 3.05) is 12.4 Å². The van der Waals surface area contributed by atoms with Gasteiger partial charge >= 0.3 is 0 Å². The molecule has 2 nitrogen and oxygen atoms in total. The zero-order chi connectivity index (χ0) is 14.6. The van der Waals surface area contributed by atoms with E-state index in [1.807, 2.05) is 12.1 Å². The van der Waals surface area contributed by atoms with Crippen molar-refractivity contribution < 1.29 is 9.47 Å². The van der Waals surface area contributed by atoms with Gasteiger partial charge < -0.3 is 9.47 Å². The molecule has 3 heteroatoms. The van der Waals surface area contributed by atoms with E-state index in [1.165, 1.54) is 31.2 Å². The molecule has 0 spiro atoms. The average Bonchev–Trinajstić information content (AvgIpc) is 2.46. The van der Waals surface area contributed by atoms with Crippen molar-refractivity contribution in [1.29, 1.82) is 0 Å². The zero-order valence-electron chi connectivity index (χ0n) is 12.7. The lowest BCUT2D eigenvalue weighted by atomic mass is 9.76. The Morgan fingerprint density at radius 2 is 1.80 bits per heavy atom. The highest BCUT2D eigenvalue weighted by Gasteiger charge is 2.28. The third-order valence-electron chi connectivity index (χ3n) is 4.27. The normalized spacial score (nSPS) is 20.6. The van der Waals surface area contributed by atoms with Gasteiger partial charge in [0.25, 0.3) is 0 Å². The second kappa shape index (κ2) is 6.95. The predicted molar refractivity (Wildman–Crippen MR) is 86.7 cm³/mol. The Labute approximate surface area is 131 Å². The molecule has 1 fully saturated rings. The maximum absolute atomic E-state index is 6.31. The third kappa shape index (κ3) is 4.23. The summed E-state index contributed by atoms with van der Waals surface area (Å²) in [5, 5.41) is 0.833. The molecule has 0 bridgehead atoms. The van der Waals surface area contributed by atoms with E-state index in [4.69, 9.17) is 9.47 Å². The summed E-state index contributed by atoms with van der Waals surface area (Å²) >= 11 is 3.58. The van der Waals surface area contributed by atoms with Crippen molar-refractivity contribution in [2.24, 2.45) is 5.41 Å². The van der Waals surface area contributed by atoms with Crippen molar-refractivity contribution >= 4 is 15.9 Å². The number of rotatable bonds is 5. The van der Waals surface area contributed by atoms with Crippen LogP contribution in [0.25, 0.3) is 0 Å². The van der Waals surface area contributed by atoms with Crippen LogP contribution in [0.5, 0.6) is 5.75 Å². The van der Waals surface area contributed by atoms with Crippen molar-refractivity contribution in [3.8, 4) is 5.75 Å². The van der Waals surface area contributed by atoms with Crippen molar-refractivity contribution in [3.05, 3.63) is 29.8 Å². The standard InChI is InChI=1S/C17H25BrO2/c1-17(2)10-8-15(9-11-17)20-16(12-18)13-4-6-14(19-3)7-5-13/h4-7,15-16H,8-12H2,1-3H3. The first-order chi connectivity index (χ1) is 9.54. The van der Waals surface area contributed by atoms with Gasteiger partial charge in [0.05, 0.1) is 19.3 Å². The minimum atomic E-state index is 0.132. The van der Waals surface area contributed by atoms with E-state index in [0.29, 0.717) is 11.5 Å². The molecule has 1 atom stereocenters. The minimum Gasteiger partial charge on any atom is -0.497 e. The van der Waals surface area contributed by atoms with Crippen molar-refractivity contribution in [2.45, 2.75) is 51.7 Å². The summed E-state index contributed by atoms with van der Waals surface area (Å²) in [6.07, 6.45) is 5.39. The van der Waals surface area contributed by atoms with Gasteiger partial charge in [0.15, 0.2) is 0 Å². The molecular formula is C17H25BrO2. The summed E-state index contributed by atoms with van der Waals surface area (Å²) in [5.74, 6) is 0.890. The number of halogens is 1. The van der Waals surface area contributed by atoms with E-state index in [-0.39, 0.29) is 6.10 Å². The molecule has 0 aliphatic heterocycles. The predicted octanol–water partition coefficient (Wildman–Crippen LogP) is 5.12. The van der Waals surface area contributed by atoms with Crippen LogP contribution in [-0.2, 0) is 4.74 Å². The molecule has 20 heavy (non-hydrogen) atoms. The van der Waals surface area contributed by atoms with E-state index < -0.39 is 0 Å². The molecule has 0 heterocycles. The Kier molecular flexibility index (Phi) is 5.50. The SMILES string of the molecule is COc1ccc(C(CBr)OC2CCC(C)(C)CC2)cc1. The van der Waals surface area contributed by atoms with E-state index in [0.717, 1.165) is 11.1 Å². The maximum Gasteiger partial charge on any atom is 0.118 e. The molecule has 0 radical (unpaired) electrons. The number of benzene rings is 1. The molecule has 112 valence electrons. The fraction of sp³-hybridized carbons (Fsp3) is 0.647. The number of ether oxygens (including phenoxy) is 2. The fourth-order valence-electron chi connectivity index (χ4n) is 2.76. The van der Waals surface area contributed by atoms with Gasteiger partial charge in [-0.2, -0.15) is 0 Å². The van der Waals surface area contributed by atoms with Gasteiger partial charge in [-0.05, 0) is 48.8 Å². The van der Waals surface area contributed by atoms with Crippen LogP contribution >= 0.6 is 15.9 Å². The van der Waals surface area contributed by atoms with Gasteiger partial charge in [-0.3, -0.25) is 0 Å². The summed E-state index contributed by atoms with van der Waals surface area (Å²) < 4.78 is 11.5. The number of hydrogen-bond acceptors (Lipinski definition) is 2. The highest BCUT2D eigenvalue weighted by molar-refractivity contribution is 9.09. The Balaban J connectivity index is 1.95. The first-order valence-corrected chi connectivity index (χ1v) is 8.51. The smallest absolute Gasteiger partial charge is 0.118 e. The van der Waals surface area contributed by atoms with Crippen LogP contribution < -0.4 is 4.74 Å². The van der Waals surface area contributed by atoms with E-state index in [1.54, 1.807) is 7.11 Å². The molecular weight excluding hydrogens is 316 g/mol. The molecule has 0 saturated heterocycles. The Morgan fingerprint density at radius 1 is 1.20 bits per heavy atom. The summed E-state index contributed by atoms with van der Waals surface area (Å²) in [6.45, 7) is 4.71. The molecule has 1 aromatic rings. The van der Waals surface area contributed by atoms with Crippen LogP contribution in [0.3, 0.4) is 0 Å². The van der Waals surface area contributed by atoms with Crippen LogP contribution in [0.2, 0.25) is 0 Å². The van der Waals surface area contributed by atoms with Crippen molar-refractivity contribution in [1.82, 2.24) is 0 Å². The number of methoxy groups -OCH3 is 1. The van der Waals surface area contributed by atoms with E-state index in [9.17, 15) is 0 Å².